The summed E-state index contributed by atoms with van der Waals surface area (Å²) < 4.78 is 68.5. The van der Waals surface area contributed by atoms with Gasteiger partial charge in [-0.2, -0.15) is 0 Å². The normalized spacial score (nSPS) is 14.4. The quantitative estimate of drug-likeness (QED) is 0.0222. The second-order valence-corrected chi connectivity index (χ2v) is 32.0. The molecule has 4 unspecified atom stereocenters. The molecule has 19 heteroatoms. The number of hydrogen-bond acceptors (Lipinski definition) is 15. The van der Waals surface area contributed by atoms with Crippen molar-refractivity contribution >= 4 is 39.5 Å². The largest absolute Gasteiger partial charge is 0.472 e. The number of ether oxygens (including phenoxy) is 4. The van der Waals surface area contributed by atoms with Gasteiger partial charge < -0.3 is 33.8 Å². The van der Waals surface area contributed by atoms with Gasteiger partial charge in [0, 0.05) is 25.7 Å². The lowest BCUT2D eigenvalue weighted by atomic mass is 9.99. The SMILES string of the molecule is CCC(C)CCCCCCCCCCCCC(=O)O[C@H](COC(=O)CCCCCCCCCCCCCC(C)C)COP(=O)(O)OCC(O)COP(=O)(O)OC[C@@H](COC(=O)CCCCCCCCCC(C)C)OC(=O)CCCCCCCCCCCCCCCCC(C)C. The molecule has 0 aromatic heterocycles. The molecule has 0 saturated carbocycles. The molecule has 0 rings (SSSR count). The lowest BCUT2D eigenvalue weighted by molar-refractivity contribution is -0.161. The highest BCUT2D eigenvalue weighted by Gasteiger charge is 2.30. The Hall–Kier alpha value is -1.94. The molecular weight excluding hydrogens is 1250 g/mol. The molecule has 0 bridgehead atoms. The molecule has 0 aliphatic heterocycles. The summed E-state index contributed by atoms with van der Waals surface area (Å²) in [5.41, 5.74) is 0. The van der Waals surface area contributed by atoms with Crippen LogP contribution in [-0.2, 0) is 65.4 Å². The first-order valence-electron chi connectivity index (χ1n) is 39.2. The van der Waals surface area contributed by atoms with Crippen molar-refractivity contribution in [3.63, 3.8) is 0 Å². The smallest absolute Gasteiger partial charge is 0.462 e. The number of phosphoric ester groups is 2. The number of unbranched alkanes of at least 4 members (excludes halogenated alkanes) is 38. The van der Waals surface area contributed by atoms with E-state index in [1.807, 2.05) is 0 Å². The Bertz CT molecular complexity index is 1870. The van der Waals surface area contributed by atoms with Crippen molar-refractivity contribution in [1.82, 2.24) is 0 Å². The summed E-state index contributed by atoms with van der Waals surface area (Å²) >= 11 is 0. The van der Waals surface area contributed by atoms with E-state index in [1.165, 1.54) is 180 Å². The van der Waals surface area contributed by atoms with Crippen LogP contribution in [0.3, 0.4) is 0 Å². The van der Waals surface area contributed by atoms with Crippen LogP contribution in [0.5, 0.6) is 0 Å². The molecule has 95 heavy (non-hydrogen) atoms. The monoisotopic (exact) mass is 1400 g/mol. The second-order valence-electron chi connectivity index (χ2n) is 29.1. The van der Waals surface area contributed by atoms with Crippen molar-refractivity contribution in [2.75, 3.05) is 39.6 Å². The first kappa shape index (κ1) is 93.1. The van der Waals surface area contributed by atoms with E-state index in [9.17, 15) is 43.2 Å². The molecule has 0 aromatic carbocycles. The zero-order valence-corrected chi connectivity index (χ0v) is 64.1. The van der Waals surface area contributed by atoms with E-state index in [1.54, 1.807) is 0 Å². The van der Waals surface area contributed by atoms with E-state index in [4.69, 9.17) is 37.0 Å². The third-order valence-corrected chi connectivity index (χ3v) is 19.8. The Labute approximate surface area is 581 Å². The molecule has 6 atom stereocenters. The fraction of sp³-hybridized carbons (Fsp3) is 0.947. The van der Waals surface area contributed by atoms with E-state index >= 15 is 0 Å². The van der Waals surface area contributed by atoms with E-state index in [-0.39, 0.29) is 25.7 Å². The van der Waals surface area contributed by atoms with Crippen molar-refractivity contribution in [3.8, 4) is 0 Å². The summed E-state index contributed by atoms with van der Waals surface area (Å²) in [7, 11) is -9.91. The van der Waals surface area contributed by atoms with Gasteiger partial charge in [-0.05, 0) is 49.4 Å². The summed E-state index contributed by atoms with van der Waals surface area (Å²) in [6, 6.07) is 0. The summed E-state index contributed by atoms with van der Waals surface area (Å²) in [4.78, 5) is 72.8. The maximum absolute atomic E-state index is 13.1. The molecular formula is C76H148O17P2. The third kappa shape index (κ3) is 69.0. The minimum atomic E-state index is -4.96. The van der Waals surface area contributed by atoms with Gasteiger partial charge in [-0.1, -0.05) is 331 Å². The van der Waals surface area contributed by atoms with Gasteiger partial charge >= 0.3 is 39.5 Å². The fourth-order valence-corrected chi connectivity index (χ4v) is 13.1. The topological polar surface area (TPSA) is 237 Å². The Morgan fingerprint density at radius 1 is 0.295 bits per heavy atom. The van der Waals surface area contributed by atoms with E-state index in [0.717, 1.165) is 114 Å². The first-order chi connectivity index (χ1) is 45.6. The summed E-state index contributed by atoms with van der Waals surface area (Å²) in [5.74, 6) is 0.953. The average Bonchev–Trinajstić information content (AvgIpc) is 1.63. The van der Waals surface area contributed by atoms with Crippen LogP contribution in [0.15, 0.2) is 0 Å². The molecule has 0 aromatic rings. The number of carbonyl (C=O) groups excluding carboxylic acids is 4. The highest BCUT2D eigenvalue weighted by atomic mass is 31.2. The van der Waals surface area contributed by atoms with Crippen molar-refractivity contribution in [2.45, 2.75) is 401 Å². The molecule has 0 saturated heterocycles. The van der Waals surface area contributed by atoms with E-state index < -0.39 is 97.5 Å². The van der Waals surface area contributed by atoms with Gasteiger partial charge in [-0.3, -0.25) is 37.3 Å². The molecule has 564 valence electrons. The van der Waals surface area contributed by atoms with Crippen molar-refractivity contribution < 1.29 is 80.2 Å². The third-order valence-electron chi connectivity index (χ3n) is 17.9. The Balaban J connectivity index is 5.25. The van der Waals surface area contributed by atoms with Crippen LogP contribution < -0.4 is 0 Å². The molecule has 0 aliphatic rings. The van der Waals surface area contributed by atoms with Crippen molar-refractivity contribution in [2.24, 2.45) is 23.7 Å². The lowest BCUT2D eigenvalue weighted by Gasteiger charge is -2.21. The van der Waals surface area contributed by atoms with Gasteiger partial charge in [0.25, 0.3) is 0 Å². The average molecular weight is 1400 g/mol. The van der Waals surface area contributed by atoms with E-state index in [2.05, 4.69) is 55.4 Å². The zero-order valence-electron chi connectivity index (χ0n) is 62.3. The number of aliphatic hydroxyl groups excluding tert-OH is 1. The van der Waals surface area contributed by atoms with Crippen LogP contribution in [0.1, 0.15) is 383 Å². The minimum absolute atomic E-state index is 0.106. The number of aliphatic hydroxyl groups is 1. The highest BCUT2D eigenvalue weighted by molar-refractivity contribution is 7.47. The minimum Gasteiger partial charge on any atom is -0.462 e. The van der Waals surface area contributed by atoms with Crippen LogP contribution in [0.25, 0.3) is 0 Å². The van der Waals surface area contributed by atoms with Gasteiger partial charge in [-0.25, -0.2) is 9.13 Å². The van der Waals surface area contributed by atoms with Crippen LogP contribution >= 0.6 is 15.6 Å². The summed E-state index contributed by atoms with van der Waals surface area (Å²) in [6.45, 7) is 14.2. The first-order valence-corrected chi connectivity index (χ1v) is 42.2. The van der Waals surface area contributed by atoms with Crippen LogP contribution in [0, 0.1) is 23.7 Å². The van der Waals surface area contributed by atoms with Gasteiger partial charge in [-0.15, -0.1) is 0 Å². The molecule has 0 fully saturated rings. The maximum Gasteiger partial charge on any atom is 0.472 e. The van der Waals surface area contributed by atoms with Gasteiger partial charge in [0.15, 0.2) is 12.2 Å². The number of phosphoric acid groups is 2. The van der Waals surface area contributed by atoms with Gasteiger partial charge in [0.1, 0.15) is 19.3 Å². The molecule has 0 aliphatic carbocycles. The van der Waals surface area contributed by atoms with Crippen LogP contribution in [-0.4, -0.2) is 96.7 Å². The maximum atomic E-state index is 13.1. The Morgan fingerprint density at radius 3 is 0.747 bits per heavy atom. The Morgan fingerprint density at radius 2 is 0.505 bits per heavy atom. The Kier molecular flexibility index (Phi) is 64.0. The lowest BCUT2D eigenvalue weighted by Crippen LogP contribution is -2.30. The van der Waals surface area contributed by atoms with Crippen LogP contribution in [0.2, 0.25) is 0 Å². The molecule has 0 amide bonds. The fourth-order valence-electron chi connectivity index (χ4n) is 11.5. The van der Waals surface area contributed by atoms with E-state index in [0.29, 0.717) is 31.6 Å². The number of esters is 4. The predicted octanol–water partition coefficient (Wildman–Crippen LogP) is 22.0. The number of hydrogen-bond donors (Lipinski definition) is 3. The molecule has 0 spiro atoms. The standard InChI is InChI=1S/C76H148O17P2/c1-9-69(8)55-47-39-31-23-19-20-26-34-43-51-59-76(81)92-71(62-86-73(78)56-48-40-32-24-18-14-16-22-29-37-45-53-67(4)5)64-90-94(82,83)88-60-70(77)61-89-95(84,85)91-65-72(63-87-74(79)57-49-41-35-27-30-38-46-54-68(6)7)93-75(80)58-50-42-33-25-17-13-11-10-12-15-21-28-36-44-52-66(2)3/h66-72,77H,9-65H2,1-8H3,(H,82,83)(H,84,85)/t69?,70?,71-,72-/m1/s1. The van der Waals surface area contributed by atoms with Gasteiger partial charge in [0.05, 0.1) is 26.4 Å². The second kappa shape index (κ2) is 65.4. The van der Waals surface area contributed by atoms with Gasteiger partial charge in [0.2, 0.25) is 0 Å². The number of rotatable bonds is 73. The summed E-state index contributed by atoms with van der Waals surface area (Å²) in [6.07, 6.45) is 49.9. The number of carbonyl (C=O) groups is 4. The molecule has 0 radical (unpaired) electrons. The zero-order chi connectivity index (χ0) is 70.3. The predicted molar refractivity (Wildman–Crippen MR) is 386 cm³/mol. The molecule has 0 heterocycles. The highest BCUT2D eigenvalue weighted by Crippen LogP contribution is 2.45. The molecule has 3 N–H and O–H groups in total. The van der Waals surface area contributed by atoms with Crippen molar-refractivity contribution in [3.05, 3.63) is 0 Å². The van der Waals surface area contributed by atoms with Crippen molar-refractivity contribution in [1.29, 1.82) is 0 Å². The summed E-state index contributed by atoms with van der Waals surface area (Å²) in [5, 5.41) is 10.6. The van der Waals surface area contributed by atoms with Crippen LogP contribution in [0.4, 0.5) is 0 Å². The molecule has 17 nitrogen and oxygen atoms in total.